The molecule has 0 heterocycles. The van der Waals surface area contributed by atoms with Crippen LogP contribution in [0, 0.1) is 10.8 Å². The Morgan fingerprint density at radius 2 is 1.94 bits per heavy atom. The zero-order chi connectivity index (χ0) is 13.0. The van der Waals surface area contributed by atoms with Crippen molar-refractivity contribution in [3.05, 3.63) is 22.8 Å². The van der Waals surface area contributed by atoms with Crippen molar-refractivity contribution in [1.29, 1.82) is 0 Å². The van der Waals surface area contributed by atoms with Crippen LogP contribution in [-0.4, -0.2) is 11.2 Å². The predicted octanol–water partition coefficient (Wildman–Crippen LogP) is 4.37. The smallest absolute Gasteiger partial charge is 0.0724 e. The van der Waals surface area contributed by atoms with Crippen molar-refractivity contribution >= 4 is 0 Å². The van der Waals surface area contributed by atoms with Crippen molar-refractivity contribution in [2.45, 2.75) is 71.8 Å². The quantitative estimate of drug-likeness (QED) is 0.629. The lowest BCUT2D eigenvalue weighted by Gasteiger charge is -2.52. The van der Waals surface area contributed by atoms with Crippen LogP contribution in [-0.2, 0) is 0 Å². The molecular formula is C17H26O. The van der Waals surface area contributed by atoms with Crippen LogP contribution >= 0.6 is 0 Å². The zero-order valence-electron chi connectivity index (χ0n) is 12.1. The molecule has 3 aliphatic carbocycles. The molecule has 1 fully saturated rings. The molecule has 1 heteroatoms. The van der Waals surface area contributed by atoms with Crippen molar-refractivity contribution in [3.8, 4) is 0 Å². The largest absolute Gasteiger partial charge is 0.389 e. The van der Waals surface area contributed by atoms with Gasteiger partial charge in [0.1, 0.15) is 0 Å². The van der Waals surface area contributed by atoms with Crippen molar-refractivity contribution in [3.63, 3.8) is 0 Å². The minimum Gasteiger partial charge on any atom is -0.389 e. The summed E-state index contributed by atoms with van der Waals surface area (Å²) in [5.74, 6) is 0. The van der Waals surface area contributed by atoms with Crippen LogP contribution in [0.25, 0.3) is 0 Å². The minimum atomic E-state index is -0.188. The van der Waals surface area contributed by atoms with Crippen molar-refractivity contribution in [2.75, 3.05) is 0 Å². The topological polar surface area (TPSA) is 20.2 Å². The third-order valence-corrected chi connectivity index (χ3v) is 5.83. The van der Waals surface area contributed by atoms with Gasteiger partial charge in [-0.15, -0.1) is 0 Å². The lowest BCUT2D eigenvalue weighted by molar-refractivity contribution is 0.136. The van der Waals surface area contributed by atoms with Gasteiger partial charge in [0, 0.05) is 0 Å². The first kappa shape index (κ1) is 12.5. The third-order valence-electron chi connectivity index (χ3n) is 5.83. The summed E-state index contributed by atoms with van der Waals surface area (Å²) in [6.07, 6.45) is 10.5. The van der Waals surface area contributed by atoms with E-state index in [1.54, 1.807) is 16.7 Å². The zero-order valence-corrected chi connectivity index (χ0v) is 12.1. The predicted molar refractivity (Wildman–Crippen MR) is 75.3 cm³/mol. The molecule has 18 heavy (non-hydrogen) atoms. The molecule has 3 atom stereocenters. The van der Waals surface area contributed by atoms with Gasteiger partial charge < -0.3 is 5.11 Å². The molecule has 0 radical (unpaired) electrons. The highest BCUT2D eigenvalue weighted by Gasteiger charge is 2.46. The minimum absolute atomic E-state index is 0.188. The molecule has 0 spiro atoms. The molecule has 3 aliphatic rings. The summed E-state index contributed by atoms with van der Waals surface area (Å²) in [5, 5.41) is 9.91. The Hall–Kier alpha value is -0.560. The van der Waals surface area contributed by atoms with Gasteiger partial charge in [-0.3, -0.25) is 0 Å². The molecule has 1 saturated carbocycles. The first-order valence-corrected chi connectivity index (χ1v) is 7.51. The second-order valence-corrected chi connectivity index (χ2v) is 7.39. The van der Waals surface area contributed by atoms with E-state index in [0.717, 1.165) is 12.8 Å². The van der Waals surface area contributed by atoms with Gasteiger partial charge in [-0.2, -0.15) is 0 Å². The summed E-state index contributed by atoms with van der Waals surface area (Å²) in [6, 6.07) is 0. The molecule has 0 unspecified atom stereocenters. The summed E-state index contributed by atoms with van der Waals surface area (Å²) < 4.78 is 0. The molecule has 1 N–H and O–H groups in total. The van der Waals surface area contributed by atoms with Gasteiger partial charge in [-0.1, -0.05) is 36.6 Å². The van der Waals surface area contributed by atoms with Crippen LogP contribution in [0.3, 0.4) is 0 Å². The van der Waals surface area contributed by atoms with E-state index in [-0.39, 0.29) is 6.10 Å². The molecule has 1 nitrogen and oxygen atoms in total. The van der Waals surface area contributed by atoms with E-state index in [2.05, 4.69) is 26.8 Å². The van der Waals surface area contributed by atoms with Gasteiger partial charge in [0.25, 0.3) is 0 Å². The van der Waals surface area contributed by atoms with Gasteiger partial charge in [0.05, 0.1) is 6.10 Å². The highest BCUT2D eigenvalue weighted by atomic mass is 16.3. The molecule has 0 saturated heterocycles. The molecule has 0 aliphatic heterocycles. The van der Waals surface area contributed by atoms with Gasteiger partial charge in [0.15, 0.2) is 0 Å². The Labute approximate surface area is 111 Å². The number of hydrogen-bond acceptors (Lipinski definition) is 1. The van der Waals surface area contributed by atoms with E-state index < -0.39 is 0 Å². The molecular weight excluding hydrogens is 220 g/mol. The summed E-state index contributed by atoms with van der Waals surface area (Å²) >= 11 is 0. The maximum Gasteiger partial charge on any atom is 0.0724 e. The Kier molecular flexibility index (Phi) is 2.75. The molecule has 0 aromatic rings. The van der Waals surface area contributed by atoms with Gasteiger partial charge in [0.2, 0.25) is 0 Å². The summed E-state index contributed by atoms with van der Waals surface area (Å²) in [7, 11) is 0. The molecule has 0 aromatic carbocycles. The number of aliphatic hydroxyl groups is 1. The van der Waals surface area contributed by atoms with Crippen LogP contribution in [0.2, 0.25) is 0 Å². The second-order valence-electron chi connectivity index (χ2n) is 7.39. The third kappa shape index (κ3) is 1.79. The van der Waals surface area contributed by atoms with E-state index >= 15 is 0 Å². The monoisotopic (exact) mass is 246 g/mol. The Balaban J connectivity index is 2.03. The summed E-state index contributed by atoms with van der Waals surface area (Å²) in [4.78, 5) is 0. The Morgan fingerprint density at radius 3 is 2.72 bits per heavy atom. The number of fused-ring (bicyclic) bond motifs is 2. The lowest BCUT2D eigenvalue weighted by Crippen LogP contribution is -2.40. The van der Waals surface area contributed by atoms with Gasteiger partial charge >= 0.3 is 0 Å². The van der Waals surface area contributed by atoms with Gasteiger partial charge in [-0.05, 0) is 62.7 Å². The molecule has 0 amide bonds. The van der Waals surface area contributed by atoms with Crippen LogP contribution in [0.15, 0.2) is 22.8 Å². The lowest BCUT2D eigenvalue weighted by atomic mass is 9.53. The number of hydrogen-bond donors (Lipinski definition) is 1. The van der Waals surface area contributed by atoms with Crippen LogP contribution < -0.4 is 0 Å². The van der Waals surface area contributed by atoms with E-state index in [4.69, 9.17) is 0 Å². The average molecular weight is 246 g/mol. The SMILES string of the molecule is CC1=C2C[C@]3(C)CC[C@@H](O)C=C3C[C@]2(C)CCC1. The fourth-order valence-corrected chi connectivity index (χ4v) is 4.55. The first-order valence-electron chi connectivity index (χ1n) is 7.51. The highest BCUT2D eigenvalue weighted by molar-refractivity contribution is 5.36. The summed E-state index contributed by atoms with van der Waals surface area (Å²) in [6.45, 7) is 7.22. The average Bonchev–Trinajstić information content (AvgIpc) is 2.29. The highest BCUT2D eigenvalue weighted by Crippen LogP contribution is 2.59. The van der Waals surface area contributed by atoms with Crippen LogP contribution in [0.1, 0.15) is 65.7 Å². The fourth-order valence-electron chi connectivity index (χ4n) is 4.55. The fraction of sp³-hybridized carbons (Fsp3) is 0.765. The van der Waals surface area contributed by atoms with Gasteiger partial charge in [-0.25, -0.2) is 0 Å². The second kappa shape index (κ2) is 3.96. The van der Waals surface area contributed by atoms with E-state index in [0.29, 0.717) is 10.8 Å². The molecule has 0 bridgehead atoms. The number of aliphatic hydroxyl groups excluding tert-OH is 1. The maximum absolute atomic E-state index is 9.91. The molecule has 3 rings (SSSR count). The molecule has 0 aromatic heterocycles. The first-order chi connectivity index (χ1) is 8.43. The Morgan fingerprint density at radius 1 is 1.17 bits per heavy atom. The van der Waals surface area contributed by atoms with Crippen molar-refractivity contribution in [1.82, 2.24) is 0 Å². The maximum atomic E-state index is 9.91. The van der Waals surface area contributed by atoms with Crippen LogP contribution in [0.4, 0.5) is 0 Å². The number of allylic oxidation sites excluding steroid dienone is 3. The van der Waals surface area contributed by atoms with Crippen LogP contribution in [0.5, 0.6) is 0 Å². The molecule has 100 valence electrons. The van der Waals surface area contributed by atoms with E-state index in [1.807, 2.05) is 0 Å². The van der Waals surface area contributed by atoms with Crippen molar-refractivity contribution < 1.29 is 5.11 Å². The number of rotatable bonds is 0. The Bertz CT molecular complexity index is 431. The van der Waals surface area contributed by atoms with Crippen molar-refractivity contribution in [2.24, 2.45) is 10.8 Å². The standard InChI is InChI=1S/C17H26O/c1-12-5-4-7-17(3)10-13-9-14(18)6-8-16(13,2)11-15(12)17/h9,14,18H,4-8,10-11H2,1-3H3/t14-,16+,17+/m1/s1. The normalized spacial score (nSPS) is 44.2. The summed E-state index contributed by atoms with van der Waals surface area (Å²) in [5.41, 5.74) is 5.69. The van der Waals surface area contributed by atoms with E-state index in [1.165, 1.54) is 32.1 Å². The van der Waals surface area contributed by atoms with E-state index in [9.17, 15) is 5.11 Å².